The monoisotopic (exact) mass is 346 g/mol. The van der Waals surface area contributed by atoms with Crippen LogP contribution in [0.3, 0.4) is 0 Å². The number of nitrogens with zero attached hydrogens (tertiary/aromatic N) is 1. The highest BCUT2D eigenvalue weighted by Crippen LogP contribution is 2.43. The number of hydrogen-bond donors (Lipinski definition) is 1. The topological polar surface area (TPSA) is 87.4 Å². The molecule has 2 aromatic carbocycles. The van der Waals surface area contributed by atoms with Crippen LogP contribution < -0.4 is 4.74 Å². The molecule has 7 heteroatoms. The second-order valence-electron chi connectivity index (χ2n) is 5.51. The lowest BCUT2D eigenvalue weighted by atomic mass is 10.1. The zero-order chi connectivity index (χ0) is 17.5. The van der Waals surface area contributed by atoms with E-state index in [-0.39, 0.29) is 28.4 Å². The average Bonchev–Trinajstić information content (AvgIpc) is 2.88. The third-order valence-electron chi connectivity index (χ3n) is 3.71. The van der Waals surface area contributed by atoms with E-state index < -0.39 is 21.8 Å². The molecule has 0 bridgehead atoms. The molecule has 3 rings (SSSR count). The average molecular weight is 346 g/mol. The van der Waals surface area contributed by atoms with E-state index in [1.54, 1.807) is 6.42 Å². The van der Waals surface area contributed by atoms with Crippen LogP contribution in [0, 0.1) is 23.6 Å². The molecule has 0 aliphatic heterocycles. The largest absolute Gasteiger partial charge is 0.457 e. The third kappa shape index (κ3) is 2.98. The predicted octanol–water partition coefficient (Wildman–Crippen LogP) is 2.88. The van der Waals surface area contributed by atoms with Crippen LogP contribution in [0.5, 0.6) is 11.5 Å². The van der Waals surface area contributed by atoms with E-state index in [1.807, 2.05) is 6.07 Å². The van der Waals surface area contributed by atoms with Gasteiger partial charge in [0.1, 0.15) is 17.3 Å². The summed E-state index contributed by atoms with van der Waals surface area (Å²) in [5, 5.41) is 19.0. The van der Waals surface area contributed by atoms with E-state index >= 15 is 0 Å². The molecule has 1 radical (unpaired) electrons. The lowest BCUT2D eigenvalue weighted by molar-refractivity contribution is 0.183. The Bertz CT molecular complexity index is 963. The fourth-order valence-electron chi connectivity index (χ4n) is 2.72. The Morgan fingerprint density at radius 3 is 2.75 bits per heavy atom. The van der Waals surface area contributed by atoms with Crippen molar-refractivity contribution in [3.05, 3.63) is 59.3 Å². The van der Waals surface area contributed by atoms with Gasteiger partial charge in [0.25, 0.3) is 0 Å². The van der Waals surface area contributed by atoms with Crippen LogP contribution >= 0.6 is 0 Å². The molecule has 1 N–H and O–H groups in total. The lowest BCUT2D eigenvalue weighted by Crippen LogP contribution is -2.04. The van der Waals surface area contributed by atoms with Gasteiger partial charge >= 0.3 is 0 Å². The molecule has 0 saturated heterocycles. The zero-order valence-electron chi connectivity index (χ0n) is 12.7. The van der Waals surface area contributed by atoms with E-state index in [2.05, 4.69) is 0 Å². The number of ether oxygens (including phenoxy) is 1. The zero-order valence-corrected chi connectivity index (χ0v) is 13.5. The third-order valence-corrected chi connectivity index (χ3v) is 4.87. The Hall–Kier alpha value is -2.43. The molecule has 0 amide bonds. The van der Waals surface area contributed by atoms with Gasteiger partial charge in [-0.05, 0) is 42.7 Å². The van der Waals surface area contributed by atoms with E-state index in [9.17, 15) is 17.9 Å². The summed E-state index contributed by atoms with van der Waals surface area (Å²) in [5.74, 6) is -0.298. The first kappa shape index (κ1) is 16.4. The normalized spacial score (nSPS) is 16.5. The molecule has 123 valence electrons. The first-order chi connectivity index (χ1) is 11.3. The number of rotatable bonds is 3. The summed E-state index contributed by atoms with van der Waals surface area (Å²) in [7, 11) is -3.46. The maximum atomic E-state index is 13.5. The molecule has 1 atom stereocenters. The van der Waals surface area contributed by atoms with Crippen molar-refractivity contribution in [3.63, 3.8) is 0 Å². The van der Waals surface area contributed by atoms with Gasteiger partial charge in [0.15, 0.2) is 9.84 Å². The highest BCUT2D eigenvalue weighted by atomic mass is 32.2. The molecule has 0 aromatic heterocycles. The van der Waals surface area contributed by atoms with Crippen molar-refractivity contribution in [2.24, 2.45) is 0 Å². The number of sulfone groups is 1. The maximum absolute atomic E-state index is 13.5. The van der Waals surface area contributed by atoms with Crippen molar-refractivity contribution in [2.75, 3.05) is 6.26 Å². The molecule has 0 heterocycles. The molecule has 0 unspecified atom stereocenters. The summed E-state index contributed by atoms with van der Waals surface area (Å²) in [5.41, 5.74) is 0.849. The van der Waals surface area contributed by atoms with Crippen molar-refractivity contribution in [2.45, 2.75) is 17.4 Å². The highest BCUT2D eigenvalue weighted by Gasteiger charge is 2.30. The fourth-order valence-corrected chi connectivity index (χ4v) is 3.63. The maximum Gasteiger partial charge on any atom is 0.175 e. The van der Waals surface area contributed by atoms with E-state index in [4.69, 9.17) is 10.00 Å². The Morgan fingerprint density at radius 1 is 1.33 bits per heavy atom. The molecule has 0 saturated carbocycles. The molecule has 24 heavy (non-hydrogen) atoms. The number of aliphatic hydroxyl groups is 1. The summed E-state index contributed by atoms with van der Waals surface area (Å²) in [6.45, 7) is 0. The lowest BCUT2D eigenvalue weighted by Gasteiger charge is -2.15. The Kier molecular flexibility index (Phi) is 4.03. The Labute approximate surface area is 138 Å². The number of nitriles is 1. The number of aliphatic hydroxyl groups excluding tert-OH is 1. The van der Waals surface area contributed by atoms with Crippen LogP contribution in [0.15, 0.2) is 35.2 Å². The summed E-state index contributed by atoms with van der Waals surface area (Å²) >= 11 is 0. The minimum Gasteiger partial charge on any atom is -0.457 e. The number of halogens is 1. The van der Waals surface area contributed by atoms with Crippen LogP contribution in [-0.2, 0) is 9.84 Å². The van der Waals surface area contributed by atoms with Gasteiger partial charge in [0, 0.05) is 17.9 Å². The van der Waals surface area contributed by atoms with E-state index in [0.717, 1.165) is 18.4 Å². The molecule has 0 spiro atoms. The van der Waals surface area contributed by atoms with Gasteiger partial charge in [-0.3, -0.25) is 0 Å². The molecular weight excluding hydrogens is 333 g/mol. The van der Waals surface area contributed by atoms with Gasteiger partial charge in [-0.2, -0.15) is 5.26 Å². The van der Waals surface area contributed by atoms with Gasteiger partial charge < -0.3 is 9.84 Å². The van der Waals surface area contributed by atoms with Crippen molar-refractivity contribution >= 4 is 9.84 Å². The second kappa shape index (κ2) is 5.89. The molecule has 2 aromatic rings. The second-order valence-corrected chi connectivity index (χ2v) is 7.49. The van der Waals surface area contributed by atoms with Gasteiger partial charge in [-0.1, -0.05) is 0 Å². The number of benzene rings is 2. The highest BCUT2D eigenvalue weighted by molar-refractivity contribution is 7.90. The number of fused-ring (bicyclic) bond motifs is 1. The van der Waals surface area contributed by atoms with E-state index in [1.165, 1.54) is 18.2 Å². The first-order valence-corrected chi connectivity index (χ1v) is 8.95. The van der Waals surface area contributed by atoms with Crippen molar-refractivity contribution < 1.29 is 22.7 Å². The van der Waals surface area contributed by atoms with Crippen LogP contribution in [0.2, 0.25) is 0 Å². The molecule has 0 fully saturated rings. The van der Waals surface area contributed by atoms with Crippen LogP contribution in [0.1, 0.15) is 29.2 Å². The smallest absolute Gasteiger partial charge is 0.175 e. The van der Waals surface area contributed by atoms with Crippen LogP contribution in [0.25, 0.3) is 0 Å². The summed E-state index contributed by atoms with van der Waals surface area (Å²) < 4.78 is 42.9. The van der Waals surface area contributed by atoms with Gasteiger partial charge in [0.2, 0.25) is 0 Å². The van der Waals surface area contributed by atoms with Crippen molar-refractivity contribution in [1.82, 2.24) is 0 Å². The molecule has 5 nitrogen and oxygen atoms in total. The van der Waals surface area contributed by atoms with E-state index in [0.29, 0.717) is 11.1 Å². The van der Waals surface area contributed by atoms with Gasteiger partial charge in [-0.25, -0.2) is 12.8 Å². The van der Waals surface area contributed by atoms with Crippen LogP contribution in [-0.4, -0.2) is 19.8 Å². The van der Waals surface area contributed by atoms with Crippen molar-refractivity contribution in [3.8, 4) is 17.6 Å². The Morgan fingerprint density at radius 2 is 2.08 bits per heavy atom. The fraction of sp³-hybridized carbons (Fsp3) is 0.176. The molecular formula is C17H13FNO4S. The minimum absolute atomic E-state index is 0.0972. The Balaban J connectivity index is 2.09. The summed E-state index contributed by atoms with van der Waals surface area (Å²) in [4.78, 5) is 0.110. The summed E-state index contributed by atoms with van der Waals surface area (Å²) in [6, 6.07) is 8.20. The first-order valence-electron chi connectivity index (χ1n) is 7.06. The molecule has 1 aliphatic carbocycles. The van der Waals surface area contributed by atoms with Crippen molar-refractivity contribution in [1.29, 1.82) is 5.26 Å². The molecule has 1 aliphatic rings. The standard InChI is InChI=1S/C17H13FNO4S/c1-24(21,22)16-5-4-15(17-13(16)2-3-14(17)20)23-12-7-10(9-19)6-11(18)8-12/h2,4-8,14,20H,3H2,1H3/t14-/m0/s1. The number of hydrogen-bond acceptors (Lipinski definition) is 5. The minimum atomic E-state index is -3.46. The van der Waals surface area contributed by atoms with Crippen LogP contribution in [0.4, 0.5) is 4.39 Å². The summed E-state index contributed by atoms with van der Waals surface area (Å²) in [6.07, 6.45) is 2.09. The quantitative estimate of drug-likeness (QED) is 0.923. The van der Waals surface area contributed by atoms with Gasteiger partial charge in [0.05, 0.1) is 22.6 Å². The SMILES string of the molecule is CS(=O)(=O)c1ccc(Oc2cc(F)cc(C#N)c2)c2c1[CH]C[C@@H]2O. The van der Waals surface area contributed by atoms with Gasteiger partial charge in [-0.15, -0.1) is 0 Å². The predicted molar refractivity (Wildman–Crippen MR) is 83.7 cm³/mol.